The molecule has 0 saturated heterocycles. The molecule has 164 valence electrons. The Bertz CT molecular complexity index is 1040. The van der Waals surface area contributed by atoms with Crippen molar-refractivity contribution in [3.05, 3.63) is 66.8 Å². The number of thiophene rings is 2. The third-order valence-corrected chi connectivity index (χ3v) is 8.19. The molecule has 0 amide bonds. The Hall–Kier alpha value is -2.18. The molecule has 0 fully saturated rings. The van der Waals surface area contributed by atoms with Crippen molar-refractivity contribution in [2.45, 2.75) is 58.8 Å². The maximum absolute atomic E-state index is 13.5. The van der Waals surface area contributed by atoms with Crippen LogP contribution in [0.2, 0.25) is 0 Å². The maximum Gasteiger partial charge on any atom is 0.336 e. The molecular formula is C25H29NO3S2. The van der Waals surface area contributed by atoms with Gasteiger partial charge in [-0.05, 0) is 49.3 Å². The van der Waals surface area contributed by atoms with Crippen LogP contribution in [0.3, 0.4) is 0 Å². The number of esters is 1. The lowest BCUT2D eigenvalue weighted by atomic mass is 9.74. The molecule has 1 aliphatic heterocycles. The molecule has 3 heterocycles. The summed E-state index contributed by atoms with van der Waals surface area (Å²) in [5, 5.41) is 5.49. The Morgan fingerprint density at radius 1 is 1.23 bits per heavy atom. The Morgan fingerprint density at radius 2 is 2.03 bits per heavy atom. The fourth-order valence-corrected chi connectivity index (χ4v) is 6.28. The van der Waals surface area contributed by atoms with Crippen LogP contribution in [0.1, 0.15) is 67.0 Å². The number of carbonyl (C=O) groups excluding carboxylic acids is 2. The average Bonchev–Trinajstić information content (AvgIpc) is 3.42. The molecule has 1 N–H and O–H groups in total. The van der Waals surface area contributed by atoms with Gasteiger partial charge in [-0.25, -0.2) is 4.79 Å². The first-order chi connectivity index (χ1) is 14.9. The van der Waals surface area contributed by atoms with E-state index in [-0.39, 0.29) is 29.5 Å². The quantitative estimate of drug-likeness (QED) is 0.548. The summed E-state index contributed by atoms with van der Waals surface area (Å²) in [6.07, 6.45) is 2.21. The van der Waals surface area contributed by atoms with Crippen LogP contribution in [0.25, 0.3) is 0 Å². The number of hydrogen-bond acceptors (Lipinski definition) is 6. The number of carbonyl (C=O) groups is 2. The highest BCUT2D eigenvalue weighted by atomic mass is 32.1. The van der Waals surface area contributed by atoms with Gasteiger partial charge in [-0.2, -0.15) is 0 Å². The third-order valence-electron chi connectivity index (χ3n) is 5.86. The van der Waals surface area contributed by atoms with Crippen molar-refractivity contribution in [2.24, 2.45) is 5.92 Å². The van der Waals surface area contributed by atoms with Crippen molar-refractivity contribution < 1.29 is 14.3 Å². The molecule has 2 aliphatic rings. The van der Waals surface area contributed by atoms with Gasteiger partial charge in [-0.15, -0.1) is 22.7 Å². The summed E-state index contributed by atoms with van der Waals surface area (Å²) >= 11 is 3.39. The molecule has 4 nitrogen and oxygen atoms in total. The highest BCUT2D eigenvalue weighted by Gasteiger charge is 2.42. The number of hydrogen-bond donors (Lipinski definition) is 1. The van der Waals surface area contributed by atoms with E-state index in [2.05, 4.69) is 35.8 Å². The van der Waals surface area contributed by atoms with Gasteiger partial charge in [0.05, 0.1) is 18.1 Å². The van der Waals surface area contributed by atoms with E-state index in [0.717, 1.165) is 34.7 Å². The maximum atomic E-state index is 13.5. The second-order valence-electron chi connectivity index (χ2n) is 8.68. The topological polar surface area (TPSA) is 55.4 Å². The SMILES string of the molecule is CCc1ccc([C@@H]2C(C(=O)OCC(C)C)=C(C)NC3=C2C(=O)C[C@H](c2cccs2)C3)s1. The van der Waals surface area contributed by atoms with Crippen LogP contribution >= 0.6 is 22.7 Å². The number of ether oxygens (including phenoxy) is 1. The van der Waals surface area contributed by atoms with E-state index in [9.17, 15) is 9.59 Å². The van der Waals surface area contributed by atoms with Gasteiger partial charge in [-0.1, -0.05) is 26.8 Å². The van der Waals surface area contributed by atoms with Gasteiger partial charge in [0.2, 0.25) is 0 Å². The van der Waals surface area contributed by atoms with Crippen LogP contribution < -0.4 is 5.32 Å². The fraction of sp³-hybridized carbons (Fsp3) is 0.440. The number of dihydropyridines is 1. The number of allylic oxidation sites excluding steroid dienone is 3. The summed E-state index contributed by atoms with van der Waals surface area (Å²) < 4.78 is 5.63. The second-order valence-corrected chi connectivity index (χ2v) is 10.9. The highest BCUT2D eigenvalue weighted by molar-refractivity contribution is 7.12. The molecule has 0 unspecified atom stereocenters. The van der Waals surface area contributed by atoms with Crippen LogP contribution in [0.4, 0.5) is 0 Å². The lowest BCUT2D eigenvalue weighted by Crippen LogP contribution is -2.36. The molecular weight excluding hydrogens is 426 g/mol. The average molecular weight is 456 g/mol. The molecule has 0 saturated carbocycles. The van der Waals surface area contributed by atoms with Crippen molar-refractivity contribution in [3.63, 3.8) is 0 Å². The monoisotopic (exact) mass is 455 g/mol. The lowest BCUT2D eigenvalue weighted by molar-refractivity contribution is -0.140. The van der Waals surface area contributed by atoms with E-state index in [0.29, 0.717) is 18.6 Å². The molecule has 1 aliphatic carbocycles. The smallest absolute Gasteiger partial charge is 0.336 e. The van der Waals surface area contributed by atoms with E-state index in [1.807, 2.05) is 26.8 Å². The zero-order valence-corrected chi connectivity index (χ0v) is 20.1. The standard InChI is InChI=1S/C25H29NO3S2/c1-5-17-8-9-21(31-17)24-22(25(28)29-13-14(2)3)15(4)26-18-11-16(12-19(27)23(18)24)20-7-6-10-30-20/h6-10,14,16,24,26H,5,11-13H2,1-4H3/t16-,24-/m1/s1. The van der Waals surface area contributed by atoms with E-state index in [1.54, 1.807) is 22.7 Å². The van der Waals surface area contributed by atoms with Gasteiger partial charge in [0.15, 0.2) is 5.78 Å². The summed E-state index contributed by atoms with van der Waals surface area (Å²) in [7, 11) is 0. The molecule has 0 radical (unpaired) electrons. The summed E-state index contributed by atoms with van der Waals surface area (Å²) in [6, 6.07) is 8.33. The Labute approximate surface area is 192 Å². The molecule has 2 aromatic heterocycles. The second kappa shape index (κ2) is 9.13. The van der Waals surface area contributed by atoms with Crippen LogP contribution in [0.5, 0.6) is 0 Å². The molecule has 2 aromatic rings. The Balaban J connectivity index is 1.75. The minimum absolute atomic E-state index is 0.130. The fourth-order valence-electron chi connectivity index (χ4n) is 4.38. The molecule has 0 spiro atoms. The van der Waals surface area contributed by atoms with Gasteiger partial charge in [-0.3, -0.25) is 4.79 Å². The van der Waals surface area contributed by atoms with Crippen molar-refractivity contribution in [1.82, 2.24) is 5.32 Å². The van der Waals surface area contributed by atoms with Crippen LogP contribution in [0.15, 0.2) is 52.2 Å². The van der Waals surface area contributed by atoms with Gasteiger partial charge >= 0.3 is 5.97 Å². The zero-order chi connectivity index (χ0) is 22.1. The Kier molecular flexibility index (Phi) is 6.49. The van der Waals surface area contributed by atoms with Gasteiger partial charge in [0, 0.05) is 43.9 Å². The van der Waals surface area contributed by atoms with Crippen molar-refractivity contribution >= 4 is 34.4 Å². The van der Waals surface area contributed by atoms with E-state index in [4.69, 9.17) is 4.74 Å². The number of ketones is 1. The largest absolute Gasteiger partial charge is 0.462 e. The van der Waals surface area contributed by atoms with Crippen LogP contribution in [0, 0.1) is 5.92 Å². The van der Waals surface area contributed by atoms with Crippen LogP contribution in [-0.2, 0) is 20.7 Å². The Morgan fingerprint density at radius 3 is 2.68 bits per heavy atom. The predicted octanol–water partition coefficient (Wildman–Crippen LogP) is 5.93. The van der Waals surface area contributed by atoms with Crippen molar-refractivity contribution in [3.8, 4) is 0 Å². The van der Waals surface area contributed by atoms with E-state index < -0.39 is 0 Å². The number of Topliss-reactive ketones (excluding diaryl/α,β-unsaturated/α-hetero) is 1. The van der Waals surface area contributed by atoms with Crippen molar-refractivity contribution in [1.29, 1.82) is 0 Å². The first kappa shape index (κ1) is 22.0. The number of aryl methyl sites for hydroxylation is 1. The minimum Gasteiger partial charge on any atom is -0.462 e. The highest BCUT2D eigenvalue weighted by Crippen LogP contribution is 2.47. The molecule has 0 bridgehead atoms. The predicted molar refractivity (Wildman–Crippen MR) is 126 cm³/mol. The van der Waals surface area contributed by atoms with Gasteiger partial charge < -0.3 is 10.1 Å². The third kappa shape index (κ3) is 4.41. The zero-order valence-electron chi connectivity index (χ0n) is 18.5. The van der Waals surface area contributed by atoms with Crippen molar-refractivity contribution in [2.75, 3.05) is 6.61 Å². The number of nitrogens with one attached hydrogen (secondary N) is 1. The molecule has 0 aromatic carbocycles. The molecule has 6 heteroatoms. The molecule has 31 heavy (non-hydrogen) atoms. The summed E-state index contributed by atoms with van der Waals surface area (Å²) in [4.78, 5) is 30.2. The van der Waals surface area contributed by atoms with Crippen LogP contribution in [-0.4, -0.2) is 18.4 Å². The summed E-state index contributed by atoms with van der Waals surface area (Å²) in [6.45, 7) is 8.46. The minimum atomic E-state index is -0.349. The first-order valence-electron chi connectivity index (χ1n) is 10.9. The van der Waals surface area contributed by atoms with E-state index in [1.165, 1.54) is 9.75 Å². The van der Waals surface area contributed by atoms with Gasteiger partial charge in [0.25, 0.3) is 0 Å². The lowest BCUT2D eigenvalue weighted by Gasteiger charge is -2.36. The van der Waals surface area contributed by atoms with E-state index >= 15 is 0 Å². The number of rotatable bonds is 6. The first-order valence-corrected chi connectivity index (χ1v) is 12.6. The normalized spacial score (nSPS) is 21.4. The van der Waals surface area contributed by atoms with Gasteiger partial charge in [0.1, 0.15) is 0 Å². The molecule has 4 rings (SSSR count). The summed E-state index contributed by atoms with van der Waals surface area (Å²) in [5.41, 5.74) is 3.08. The summed E-state index contributed by atoms with van der Waals surface area (Å²) in [5.74, 6) is -0.0970. The molecule has 2 atom stereocenters.